The monoisotopic (exact) mass is 267 g/mol. The van der Waals surface area contributed by atoms with Crippen LogP contribution in [-0.4, -0.2) is 29.2 Å². The molecule has 0 bridgehead atoms. The van der Waals surface area contributed by atoms with Crippen LogP contribution in [0.5, 0.6) is 5.75 Å². The second-order valence-electron chi connectivity index (χ2n) is 4.98. The minimum absolute atomic E-state index is 0.107. The van der Waals surface area contributed by atoms with Crippen molar-refractivity contribution < 1.29 is 9.53 Å². The molecule has 0 saturated heterocycles. The van der Waals surface area contributed by atoms with Gasteiger partial charge in [-0.3, -0.25) is 9.48 Å². The lowest BCUT2D eigenvalue weighted by molar-refractivity contribution is 0.0963. The molecule has 5 heteroatoms. The Hall–Kier alpha value is -1.36. The van der Waals surface area contributed by atoms with E-state index in [9.17, 15) is 4.79 Å². The average molecular weight is 267 g/mol. The zero-order valence-electron chi connectivity index (χ0n) is 12.2. The molecule has 0 radical (unpaired) electrons. The number of hydrogen-bond acceptors (Lipinski definition) is 4. The van der Waals surface area contributed by atoms with Gasteiger partial charge >= 0.3 is 0 Å². The van der Waals surface area contributed by atoms with Crippen molar-refractivity contribution in [3.05, 3.63) is 11.9 Å². The maximum absolute atomic E-state index is 12.3. The van der Waals surface area contributed by atoms with Crippen LogP contribution in [0.4, 0.5) is 0 Å². The average Bonchev–Trinajstić information content (AvgIpc) is 2.82. The summed E-state index contributed by atoms with van der Waals surface area (Å²) in [4.78, 5) is 12.3. The third kappa shape index (κ3) is 4.35. The predicted octanol–water partition coefficient (Wildman–Crippen LogP) is 2.56. The second-order valence-corrected chi connectivity index (χ2v) is 4.98. The van der Waals surface area contributed by atoms with Gasteiger partial charge in [-0.1, -0.05) is 12.8 Å². The summed E-state index contributed by atoms with van der Waals surface area (Å²) in [6, 6.07) is 0.153. The molecule has 19 heavy (non-hydrogen) atoms. The van der Waals surface area contributed by atoms with Crippen LogP contribution >= 0.6 is 0 Å². The summed E-state index contributed by atoms with van der Waals surface area (Å²) >= 11 is 0. The van der Waals surface area contributed by atoms with E-state index < -0.39 is 0 Å². The molecule has 0 aromatic carbocycles. The molecule has 0 saturated carbocycles. The highest BCUT2D eigenvalue weighted by molar-refractivity contribution is 5.97. The van der Waals surface area contributed by atoms with Crippen molar-refractivity contribution in [3.63, 3.8) is 0 Å². The molecule has 0 fully saturated rings. The Bertz CT molecular complexity index is 399. The standard InChI is InChI=1S/C14H25N3O2/c1-11(2)17-14(13(19-3)10-16-17)12(18)8-6-4-5-7-9-15/h10-11H,4-9,15H2,1-3H3. The number of hydrogen-bond donors (Lipinski definition) is 1. The van der Waals surface area contributed by atoms with E-state index in [0.29, 0.717) is 17.9 Å². The Labute approximate surface area is 115 Å². The first-order valence-corrected chi connectivity index (χ1v) is 6.96. The van der Waals surface area contributed by atoms with E-state index >= 15 is 0 Å². The van der Waals surface area contributed by atoms with E-state index in [4.69, 9.17) is 10.5 Å². The van der Waals surface area contributed by atoms with Crippen molar-refractivity contribution >= 4 is 5.78 Å². The van der Waals surface area contributed by atoms with E-state index in [1.54, 1.807) is 18.0 Å². The molecule has 0 aliphatic carbocycles. The number of aromatic nitrogens is 2. The van der Waals surface area contributed by atoms with Crippen LogP contribution in [0, 0.1) is 0 Å². The number of rotatable bonds is 9. The summed E-state index contributed by atoms with van der Waals surface area (Å²) in [5, 5.41) is 4.22. The van der Waals surface area contributed by atoms with E-state index in [2.05, 4.69) is 5.10 Å². The van der Waals surface area contributed by atoms with Gasteiger partial charge < -0.3 is 10.5 Å². The summed E-state index contributed by atoms with van der Waals surface area (Å²) in [5.41, 5.74) is 6.04. The number of carbonyl (C=O) groups is 1. The van der Waals surface area contributed by atoms with Gasteiger partial charge in [0, 0.05) is 12.5 Å². The molecule has 2 N–H and O–H groups in total. The van der Waals surface area contributed by atoms with Crippen LogP contribution in [0.2, 0.25) is 0 Å². The van der Waals surface area contributed by atoms with Gasteiger partial charge in [-0.25, -0.2) is 0 Å². The summed E-state index contributed by atoms with van der Waals surface area (Å²) in [6.07, 6.45) is 6.21. The molecule has 1 rings (SSSR count). The van der Waals surface area contributed by atoms with Gasteiger partial charge in [0.25, 0.3) is 0 Å². The molecule has 1 aromatic heterocycles. The third-order valence-corrected chi connectivity index (χ3v) is 3.09. The Morgan fingerprint density at radius 3 is 2.63 bits per heavy atom. The van der Waals surface area contributed by atoms with Crippen LogP contribution < -0.4 is 10.5 Å². The second kappa shape index (κ2) is 7.94. The first-order valence-electron chi connectivity index (χ1n) is 6.96. The van der Waals surface area contributed by atoms with Crippen LogP contribution in [0.1, 0.15) is 62.5 Å². The van der Waals surface area contributed by atoms with E-state index in [-0.39, 0.29) is 11.8 Å². The normalized spacial score (nSPS) is 11.0. The van der Waals surface area contributed by atoms with Crippen LogP contribution in [-0.2, 0) is 0 Å². The zero-order chi connectivity index (χ0) is 14.3. The molecular formula is C14H25N3O2. The Morgan fingerprint density at radius 2 is 2.05 bits per heavy atom. The number of unbranched alkanes of at least 4 members (excludes halogenated alkanes) is 3. The minimum atomic E-state index is 0.107. The number of ether oxygens (including phenoxy) is 1. The summed E-state index contributed by atoms with van der Waals surface area (Å²) in [7, 11) is 1.57. The number of carbonyl (C=O) groups excluding carboxylic acids is 1. The zero-order valence-corrected chi connectivity index (χ0v) is 12.2. The fourth-order valence-electron chi connectivity index (χ4n) is 2.05. The smallest absolute Gasteiger partial charge is 0.184 e. The Balaban J connectivity index is 2.62. The highest BCUT2D eigenvalue weighted by Gasteiger charge is 2.20. The highest BCUT2D eigenvalue weighted by Crippen LogP contribution is 2.23. The van der Waals surface area contributed by atoms with Crippen LogP contribution in [0.25, 0.3) is 0 Å². The lowest BCUT2D eigenvalue weighted by Crippen LogP contribution is -2.13. The predicted molar refractivity (Wildman–Crippen MR) is 75.6 cm³/mol. The van der Waals surface area contributed by atoms with Gasteiger partial charge in [-0.05, 0) is 33.2 Å². The molecule has 0 spiro atoms. The molecule has 0 atom stereocenters. The topological polar surface area (TPSA) is 70.1 Å². The van der Waals surface area contributed by atoms with Crippen molar-refractivity contribution in [3.8, 4) is 5.75 Å². The molecule has 0 aliphatic rings. The molecule has 0 amide bonds. The lowest BCUT2D eigenvalue weighted by atomic mass is 10.1. The number of Topliss-reactive ketones (excluding diaryl/α,β-unsaturated/α-hetero) is 1. The number of methoxy groups -OCH3 is 1. The van der Waals surface area contributed by atoms with E-state index in [1.165, 1.54) is 0 Å². The summed E-state index contributed by atoms with van der Waals surface area (Å²) < 4.78 is 6.96. The molecule has 1 aromatic rings. The molecule has 0 aliphatic heterocycles. The van der Waals surface area contributed by atoms with Gasteiger partial charge in [0.1, 0.15) is 5.69 Å². The molecule has 5 nitrogen and oxygen atoms in total. The lowest BCUT2D eigenvalue weighted by Gasteiger charge is -2.11. The molecular weight excluding hydrogens is 242 g/mol. The minimum Gasteiger partial charge on any atom is -0.493 e. The van der Waals surface area contributed by atoms with Crippen molar-refractivity contribution in [2.45, 2.75) is 52.0 Å². The van der Waals surface area contributed by atoms with Crippen molar-refractivity contribution in [1.29, 1.82) is 0 Å². The first kappa shape index (κ1) is 15.7. The van der Waals surface area contributed by atoms with Gasteiger partial charge in [0.15, 0.2) is 11.5 Å². The maximum atomic E-state index is 12.3. The maximum Gasteiger partial charge on any atom is 0.184 e. The fraction of sp³-hybridized carbons (Fsp3) is 0.714. The first-order chi connectivity index (χ1) is 9.11. The van der Waals surface area contributed by atoms with Crippen molar-refractivity contribution in [2.24, 2.45) is 5.73 Å². The number of ketones is 1. The van der Waals surface area contributed by atoms with E-state index in [1.807, 2.05) is 13.8 Å². The Morgan fingerprint density at radius 1 is 1.37 bits per heavy atom. The molecule has 0 unspecified atom stereocenters. The third-order valence-electron chi connectivity index (χ3n) is 3.09. The summed E-state index contributed by atoms with van der Waals surface area (Å²) in [6.45, 7) is 4.73. The SMILES string of the molecule is COc1cnn(C(C)C)c1C(=O)CCCCCCN. The van der Waals surface area contributed by atoms with Crippen molar-refractivity contribution in [2.75, 3.05) is 13.7 Å². The number of nitrogens with zero attached hydrogens (tertiary/aromatic N) is 2. The summed E-state index contributed by atoms with van der Waals surface area (Å²) in [5.74, 6) is 0.677. The van der Waals surface area contributed by atoms with Gasteiger partial charge in [-0.2, -0.15) is 5.10 Å². The Kier molecular flexibility index (Phi) is 6.56. The largest absolute Gasteiger partial charge is 0.493 e. The fourth-order valence-corrected chi connectivity index (χ4v) is 2.05. The number of nitrogens with two attached hydrogens (primary N) is 1. The van der Waals surface area contributed by atoms with Gasteiger partial charge in [0.2, 0.25) is 0 Å². The van der Waals surface area contributed by atoms with Gasteiger partial charge in [0.05, 0.1) is 13.3 Å². The quantitative estimate of drug-likeness (QED) is 0.551. The van der Waals surface area contributed by atoms with Crippen molar-refractivity contribution in [1.82, 2.24) is 9.78 Å². The van der Waals surface area contributed by atoms with Gasteiger partial charge in [-0.15, -0.1) is 0 Å². The van der Waals surface area contributed by atoms with Crippen LogP contribution in [0.3, 0.4) is 0 Å². The molecule has 1 heterocycles. The molecule has 108 valence electrons. The highest BCUT2D eigenvalue weighted by atomic mass is 16.5. The van der Waals surface area contributed by atoms with Crippen LogP contribution in [0.15, 0.2) is 6.20 Å². The van der Waals surface area contributed by atoms with E-state index in [0.717, 1.165) is 32.2 Å².